The number of aromatic nitrogens is 2. The van der Waals surface area contributed by atoms with Crippen molar-refractivity contribution in [1.82, 2.24) is 19.6 Å². The first-order valence-electron chi connectivity index (χ1n) is 12.0. The number of imidazole rings is 1. The minimum atomic E-state index is 0.715. The van der Waals surface area contributed by atoms with Crippen LogP contribution in [0.15, 0.2) is 60.8 Å². The predicted molar refractivity (Wildman–Crippen MR) is 138 cm³/mol. The van der Waals surface area contributed by atoms with Crippen molar-refractivity contribution in [2.24, 2.45) is 0 Å². The number of benzene rings is 2. The number of hydrogen-bond acceptors (Lipinski definition) is 6. The number of rotatable bonds is 7. The summed E-state index contributed by atoms with van der Waals surface area (Å²) < 4.78 is 18.6. The fourth-order valence-corrected chi connectivity index (χ4v) is 4.68. The second-order valence-electron chi connectivity index (χ2n) is 8.73. The molecule has 0 spiro atoms. The van der Waals surface area contributed by atoms with Crippen molar-refractivity contribution in [1.29, 1.82) is 0 Å². The molecule has 1 saturated heterocycles. The molecule has 0 unspecified atom stereocenters. The summed E-state index contributed by atoms with van der Waals surface area (Å²) in [6.45, 7) is 4.99. The molecule has 0 radical (unpaired) electrons. The number of nitrogens with one attached hydrogen (secondary N) is 1. The summed E-state index contributed by atoms with van der Waals surface area (Å²) in [5, 5.41) is 3.50. The van der Waals surface area contributed by atoms with E-state index < -0.39 is 0 Å². The lowest BCUT2D eigenvalue weighted by Crippen LogP contribution is -2.28. The highest BCUT2D eigenvalue weighted by Crippen LogP contribution is 2.34. The Morgan fingerprint density at radius 1 is 0.800 bits per heavy atom. The Morgan fingerprint density at radius 3 is 2.34 bits per heavy atom. The number of fused-ring (bicyclic) bond motifs is 1. The van der Waals surface area contributed by atoms with Crippen molar-refractivity contribution < 1.29 is 14.2 Å². The molecule has 3 heterocycles. The molecule has 182 valence electrons. The third kappa shape index (κ3) is 4.83. The topological polar surface area (TPSA) is 60.3 Å². The molecule has 0 atom stereocenters. The fraction of sp³-hybridized carbons (Fsp3) is 0.321. The zero-order chi connectivity index (χ0) is 24.2. The third-order valence-corrected chi connectivity index (χ3v) is 6.60. The molecule has 0 bridgehead atoms. The van der Waals surface area contributed by atoms with Gasteiger partial charge in [0.2, 0.25) is 0 Å². The number of ether oxygens (including phenoxy) is 3. The van der Waals surface area contributed by atoms with Gasteiger partial charge in [-0.15, -0.1) is 0 Å². The molecule has 1 aliphatic heterocycles. The van der Waals surface area contributed by atoms with Crippen LogP contribution in [-0.4, -0.2) is 61.8 Å². The average molecular weight is 473 g/mol. The van der Waals surface area contributed by atoms with Crippen molar-refractivity contribution in [2.45, 2.75) is 13.0 Å². The Hall–Kier alpha value is -3.55. The van der Waals surface area contributed by atoms with Gasteiger partial charge in [-0.2, -0.15) is 0 Å². The van der Waals surface area contributed by atoms with Crippen LogP contribution in [0.1, 0.15) is 12.1 Å². The molecule has 1 aliphatic rings. The first kappa shape index (κ1) is 23.2. The van der Waals surface area contributed by atoms with Crippen LogP contribution >= 0.6 is 0 Å². The Balaban J connectivity index is 1.61. The molecule has 1 fully saturated rings. The number of nitrogens with zero attached hydrogens (tertiary/aromatic N) is 3. The van der Waals surface area contributed by atoms with Crippen molar-refractivity contribution in [3.8, 4) is 39.6 Å². The van der Waals surface area contributed by atoms with Crippen LogP contribution < -0.4 is 19.5 Å². The quantitative estimate of drug-likeness (QED) is 0.428. The van der Waals surface area contributed by atoms with Crippen molar-refractivity contribution in [3.05, 3.63) is 66.5 Å². The van der Waals surface area contributed by atoms with Gasteiger partial charge in [-0.25, -0.2) is 4.98 Å². The van der Waals surface area contributed by atoms with Crippen molar-refractivity contribution in [2.75, 3.05) is 47.5 Å². The van der Waals surface area contributed by atoms with Crippen LogP contribution in [0.2, 0.25) is 0 Å². The van der Waals surface area contributed by atoms with Gasteiger partial charge < -0.3 is 23.9 Å². The van der Waals surface area contributed by atoms with Crippen LogP contribution in [0.25, 0.3) is 28.0 Å². The summed E-state index contributed by atoms with van der Waals surface area (Å²) in [4.78, 5) is 7.57. The SMILES string of the molecule is COc1ccc(-c2nc3ccc(-c4ccc(OC)c(OC)c4)cn3c2CN2CCCNCC2)cc1. The Kier molecular flexibility index (Phi) is 6.88. The summed E-state index contributed by atoms with van der Waals surface area (Å²) in [6, 6.07) is 18.4. The monoisotopic (exact) mass is 472 g/mol. The van der Waals surface area contributed by atoms with E-state index in [0.29, 0.717) is 5.75 Å². The van der Waals surface area contributed by atoms with Gasteiger partial charge in [0.05, 0.1) is 32.7 Å². The molecule has 0 amide bonds. The Labute approximate surface area is 206 Å². The maximum Gasteiger partial charge on any atom is 0.161 e. The van der Waals surface area contributed by atoms with E-state index in [2.05, 4.69) is 51.1 Å². The van der Waals surface area contributed by atoms with Crippen LogP contribution in [0.5, 0.6) is 17.2 Å². The van der Waals surface area contributed by atoms with Gasteiger partial charge in [0.1, 0.15) is 11.4 Å². The molecule has 5 rings (SSSR count). The number of hydrogen-bond donors (Lipinski definition) is 1. The second-order valence-corrected chi connectivity index (χ2v) is 8.73. The van der Waals surface area contributed by atoms with Crippen LogP contribution in [0.4, 0.5) is 0 Å². The molecule has 7 heteroatoms. The summed E-state index contributed by atoms with van der Waals surface area (Å²) in [5.74, 6) is 2.28. The summed E-state index contributed by atoms with van der Waals surface area (Å²) >= 11 is 0. The van der Waals surface area contributed by atoms with E-state index in [9.17, 15) is 0 Å². The van der Waals surface area contributed by atoms with Crippen LogP contribution in [0, 0.1) is 0 Å². The maximum atomic E-state index is 5.54. The molecule has 2 aromatic carbocycles. The van der Waals surface area contributed by atoms with Gasteiger partial charge in [0.25, 0.3) is 0 Å². The number of methoxy groups -OCH3 is 3. The summed E-state index contributed by atoms with van der Waals surface area (Å²) in [7, 11) is 5.00. The van der Waals surface area contributed by atoms with Crippen LogP contribution in [-0.2, 0) is 6.54 Å². The molecule has 0 aliphatic carbocycles. The fourth-order valence-electron chi connectivity index (χ4n) is 4.68. The summed E-state index contributed by atoms with van der Waals surface area (Å²) in [5.41, 5.74) is 6.38. The highest BCUT2D eigenvalue weighted by molar-refractivity contribution is 5.71. The smallest absolute Gasteiger partial charge is 0.161 e. The van der Waals surface area contributed by atoms with Gasteiger partial charge in [-0.1, -0.05) is 6.07 Å². The Morgan fingerprint density at radius 2 is 1.57 bits per heavy atom. The first-order chi connectivity index (χ1) is 17.2. The predicted octanol–water partition coefficient (Wildman–Crippen LogP) is 4.49. The highest BCUT2D eigenvalue weighted by atomic mass is 16.5. The lowest BCUT2D eigenvalue weighted by Gasteiger charge is -2.20. The zero-order valence-electron chi connectivity index (χ0n) is 20.6. The normalized spacial score (nSPS) is 14.6. The van der Waals surface area contributed by atoms with E-state index in [1.807, 2.05) is 24.3 Å². The lowest BCUT2D eigenvalue weighted by atomic mass is 10.1. The molecule has 0 saturated carbocycles. The maximum absolute atomic E-state index is 5.54. The standard InChI is InChI=1S/C28H32N4O3/c1-33-23-9-5-20(6-10-23)28-24(19-31-15-4-13-29-14-16-31)32-18-22(8-12-27(32)30-28)21-7-11-25(34-2)26(17-21)35-3/h5-12,17-18,29H,4,13-16,19H2,1-3H3. The number of pyridine rings is 1. The van der Waals surface area contributed by atoms with E-state index in [4.69, 9.17) is 19.2 Å². The minimum absolute atomic E-state index is 0.715. The molecule has 35 heavy (non-hydrogen) atoms. The molecule has 2 aromatic heterocycles. The van der Waals surface area contributed by atoms with E-state index in [0.717, 1.165) is 78.7 Å². The molecular formula is C28H32N4O3. The van der Waals surface area contributed by atoms with Gasteiger partial charge in [0.15, 0.2) is 11.5 Å². The largest absolute Gasteiger partial charge is 0.497 e. The van der Waals surface area contributed by atoms with Gasteiger partial charge in [0, 0.05) is 31.4 Å². The van der Waals surface area contributed by atoms with E-state index in [1.165, 1.54) is 5.69 Å². The molecule has 7 nitrogen and oxygen atoms in total. The molecule has 4 aromatic rings. The van der Waals surface area contributed by atoms with E-state index in [1.54, 1.807) is 21.3 Å². The zero-order valence-corrected chi connectivity index (χ0v) is 20.6. The Bertz CT molecular complexity index is 1290. The van der Waals surface area contributed by atoms with Crippen molar-refractivity contribution >= 4 is 5.65 Å². The first-order valence-corrected chi connectivity index (χ1v) is 12.0. The van der Waals surface area contributed by atoms with Gasteiger partial charge >= 0.3 is 0 Å². The average Bonchev–Trinajstić information content (AvgIpc) is 3.06. The van der Waals surface area contributed by atoms with E-state index in [-0.39, 0.29) is 0 Å². The van der Waals surface area contributed by atoms with Gasteiger partial charge in [-0.3, -0.25) is 4.90 Å². The second kappa shape index (κ2) is 10.4. The van der Waals surface area contributed by atoms with Gasteiger partial charge in [-0.05, 0) is 79.2 Å². The molecular weight excluding hydrogens is 440 g/mol. The van der Waals surface area contributed by atoms with Crippen molar-refractivity contribution in [3.63, 3.8) is 0 Å². The third-order valence-electron chi connectivity index (χ3n) is 6.60. The lowest BCUT2D eigenvalue weighted by molar-refractivity contribution is 0.281. The highest BCUT2D eigenvalue weighted by Gasteiger charge is 2.19. The summed E-state index contributed by atoms with van der Waals surface area (Å²) in [6.07, 6.45) is 3.33. The molecule has 1 N–H and O–H groups in total. The minimum Gasteiger partial charge on any atom is -0.497 e. The van der Waals surface area contributed by atoms with E-state index >= 15 is 0 Å². The van der Waals surface area contributed by atoms with Crippen LogP contribution in [0.3, 0.4) is 0 Å².